The Bertz CT molecular complexity index is 403. The SMILES string of the molecule is CCCCCCC(CCCCC)Cc1oc(=O)oc1C. The molecule has 0 fully saturated rings. The normalized spacial score (nSPS) is 12.8. The minimum atomic E-state index is -0.559. The van der Waals surface area contributed by atoms with Crippen LogP contribution in [0.2, 0.25) is 0 Å². The van der Waals surface area contributed by atoms with E-state index in [0.29, 0.717) is 11.7 Å². The van der Waals surface area contributed by atoms with Crippen molar-refractivity contribution >= 4 is 0 Å². The van der Waals surface area contributed by atoms with Crippen LogP contribution >= 0.6 is 0 Å². The highest BCUT2D eigenvalue weighted by Gasteiger charge is 2.15. The molecule has 0 aromatic carbocycles. The monoisotopic (exact) mass is 282 g/mol. The van der Waals surface area contributed by atoms with Crippen molar-refractivity contribution in [3.05, 3.63) is 22.1 Å². The van der Waals surface area contributed by atoms with Crippen molar-refractivity contribution in [2.75, 3.05) is 0 Å². The summed E-state index contributed by atoms with van der Waals surface area (Å²) in [6.07, 6.45) is 12.3. The Hall–Kier alpha value is -0.990. The first-order chi connectivity index (χ1) is 9.67. The molecule has 1 heterocycles. The second-order valence-corrected chi connectivity index (χ2v) is 5.85. The van der Waals surface area contributed by atoms with E-state index in [4.69, 9.17) is 8.83 Å². The maximum absolute atomic E-state index is 11.1. The quantitative estimate of drug-likeness (QED) is 0.520. The van der Waals surface area contributed by atoms with Crippen LogP contribution in [0.3, 0.4) is 0 Å². The van der Waals surface area contributed by atoms with Crippen molar-refractivity contribution in [1.29, 1.82) is 0 Å². The van der Waals surface area contributed by atoms with Crippen molar-refractivity contribution in [3.63, 3.8) is 0 Å². The lowest BCUT2D eigenvalue weighted by Crippen LogP contribution is -2.06. The lowest BCUT2D eigenvalue weighted by atomic mass is 9.91. The Morgan fingerprint density at radius 3 is 2.05 bits per heavy atom. The molecular weight excluding hydrogens is 252 g/mol. The van der Waals surface area contributed by atoms with E-state index in [1.54, 1.807) is 0 Å². The summed E-state index contributed by atoms with van der Waals surface area (Å²) >= 11 is 0. The van der Waals surface area contributed by atoms with Crippen molar-refractivity contribution < 1.29 is 8.83 Å². The summed E-state index contributed by atoms with van der Waals surface area (Å²) in [6.45, 7) is 6.29. The molecule has 0 saturated heterocycles. The third-order valence-corrected chi connectivity index (χ3v) is 3.99. The molecule has 0 spiro atoms. The van der Waals surface area contributed by atoms with E-state index in [9.17, 15) is 4.79 Å². The lowest BCUT2D eigenvalue weighted by molar-refractivity contribution is 0.343. The van der Waals surface area contributed by atoms with E-state index in [1.807, 2.05) is 6.92 Å². The highest BCUT2D eigenvalue weighted by Crippen LogP contribution is 2.23. The van der Waals surface area contributed by atoms with E-state index in [1.165, 1.54) is 57.8 Å². The first kappa shape index (κ1) is 17.1. The molecule has 3 nitrogen and oxygen atoms in total. The topological polar surface area (TPSA) is 43.4 Å². The Balaban J connectivity index is 2.47. The highest BCUT2D eigenvalue weighted by atomic mass is 16.6. The lowest BCUT2D eigenvalue weighted by Gasteiger charge is -2.15. The summed E-state index contributed by atoms with van der Waals surface area (Å²) in [6, 6.07) is 0. The minimum absolute atomic E-state index is 0.559. The van der Waals surface area contributed by atoms with Crippen LogP contribution in [0.25, 0.3) is 0 Å². The predicted octanol–water partition coefficient (Wildman–Crippen LogP) is 5.25. The van der Waals surface area contributed by atoms with E-state index < -0.39 is 5.82 Å². The molecule has 0 radical (unpaired) electrons. The molecule has 1 aromatic rings. The smallest absolute Gasteiger partial charge is 0.396 e. The molecule has 0 amide bonds. The van der Waals surface area contributed by atoms with Crippen LogP contribution in [0.15, 0.2) is 13.6 Å². The fraction of sp³-hybridized carbons (Fsp3) is 0.824. The Morgan fingerprint density at radius 1 is 0.900 bits per heavy atom. The zero-order valence-electron chi connectivity index (χ0n) is 13.4. The van der Waals surface area contributed by atoms with Crippen LogP contribution in [0.5, 0.6) is 0 Å². The first-order valence-corrected chi connectivity index (χ1v) is 8.26. The van der Waals surface area contributed by atoms with Crippen LogP contribution in [0, 0.1) is 12.8 Å². The molecule has 3 heteroatoms. The maximum atomic E-state index is 11.1. The van der Waals surface area contributed by atoms with Gasteiger partial charge in [0.25, 0.3) is 0 Å². The van der Waals surface area contributed by atoms with Crippen LogP contribution < -0.4 is 5.82 Å². The Kier molecular flexibility index (Phi) is 8.40. The molecule has 0 aliphatic carbocycles. The molecule has 0 bridgehead atoms. The first-order valence-electron chi connectivity index (χ1n) is 8.26. The molecule has 0 saturated carbocycles. The number of unbranched alkanes of at least 4 members (excludes halogenated alkanes) is 5. The molecule has 1 aromatic heterocycles. The van der Waals surface area contributed by atoms with Gasteiger partial charge in [0, 0.05) is 6.42 Å². The average Bonchev–Trinajstić information content (AvgIpc) is 2.73. The summed E-state index contributed by atoms with van der Waals surface area (Å²) in [5.41, 5.74) is 0. The van der Waals surface area contributed by atoms with E-state index >= 15 is 0 Å². The second-order valence-electron chi connectivity index (χ2n) is 5.85. The molecule has 1 atom stereocenters. The van der Waals surface area contributed by atoms with Gasteiger partial charge in [0.2, 0.25) is 0 Å². The van der Waals surface area contributed by atoms with Gasteiger partial charge in [0.1, 0.15) is 11.5 Å². The molecule has 0 aliphatic rings. The summed E-state index contributed by atoms with van der Waals surface area (Å²) in [5, 5.41) is 0. The fourth-order valence-electron chi connectivity index (χ4n) is 2.71. The Morgan fingerprint density at radius 2 is 1.50 bits per heavy atom. The predicted molar refractivity (Wildman–Crippen MR) is 82.1 cm³/mol. The fourth-order valence-corrected chi connectivity index (χ4v) is 2.71. The van der Waals surface area contributed by atoms with Crippen molar-refractivity contribution in [2.24, 2.45) is 5.92 Å². The van der Waals surface area contributed by atoms with Gasteiger partial charge in [-0.15, -0.1) is 0 Å². The minimum Gasteiger partial charge on any atom is -0.396 e. The van der Waals surface area contributed by atoms with E-state index in [-0.39, 0.29) is 0 Å². The third-order valence-electron chi connectivity index (χ3n) is 3.99. The van der Waals surface area contributed by atoms with Crippen molar-refractivity contribution in [3.8, 4) is 0 Å². The van der Waals surface area contributed by atoms with E-state index in [0.717, 1.165) is 12.2 Å². The van der Waals surface area contributed by atoms with Gasteiger partial charge in [0.15, 0.2) is 0 Å². The molecule has 0 N–H and O–H groups in total. The second kappa shape index (κ2) is 9.84. The molecule has 1 rings (SSSR count). The Labute approximate surface area is 122 Å². The van der Waals surface area contributed by atoms with Crippen molar-refractivity contribution in [1.82, 2.24) is 0 Å². The summed E-state index contributed by atoms with van der Waals surface area (Å²) < 4.78 is 10.1. The van der Waals surface area contributed by atoms with Gasteiger partial charge in [0.05, 0.1) is 0 Å². The van der Waals surface area contributed by atoms with Gasteiger partial charge in [-0.2, -0.15) is 0 Å². The maximum Gasteiger partial charge on any atom is 0.519 e. The highest BCUT2D eigenvalue weighted by molar-refractivity contribution is 5.01. The average molecular weight is 282 g/mol. The zero-order valence-corrected chi connectivity index (χ0v) is 13.4. The van der Waals surface area contributed by atoms with Crippen LogP contribution in [-0.4, -0.2) is 0 Å². The van der Waals surface area contributed by atoms with Crippen LogP contribution in [0.1, 0.15) is 83.2 Å². The van der Waals surface area contributed by atoms with Gasteiger partial charge in [-0.1, -0.05) is 71.6 Å². The summed E-state index contributed by atoms with van der Waals surface area (Å²) in [7, 11) is 0. The molecular formula is C17H30O3. The standard InChI is InChI=1S/C17H30O3/c1-4-6-8-10-12-15(11-9-7-5-2)13-16-14(3)19-17(18)20-16/h15H,4-13H2,1-3H3. The number of aryl methyl sites for hydroxylation is 1. The summed E-state index contributed by atoms with van der Waals surface area (Å²) in [5.74, 6) is 1.48. The number of hydrogen-bond acceptors (Lipinski definition) is 3. The van der Waals surface area contributed by atoms with E-state index in [2.05, 4.69) is 13.8 Å². The largest absolute Gasteiger partial charge is 0.519 e. The van der Waals surface area contributed by atoms with Gasteiger partial charge in [-0.05, 0) is 12.8 Å². The molecule has 0 aliphatic heterocycles. The summed E-state index contributed by atoms with van der Waals surface area (Å²) in [4.78, 5) is 11.1. The molecule has 1 unspecified atom stereocenters. The zero-order chi connectivity index (χ0) is 14.8. The number of rotatable bonds is 11. The van der Waals surface area contributed by atoms with Crippen molar-refractivity contribution in [2.45, 2.75) is 85.0 Å². The van der Waals surface area contributed by atoms with Gasteiger partial charge in [-0.3, -0.25) is 0 Å². The molecule has 20 heavy (non-hydrogen) atoms. The number of hydrogen-bond donors (Lipinski definition) is 0. The van der Waals surface area contributed by atoms with Gasteiger partial charge >= 0.3 is 5.82 Å². The van der Waals surface area contributed by atoms with Gasteiger partial charge in [-0.25, -0.2) is 4.79 Å². The third kappa shape index (κ3) is 6.44. The van der Waals surface area contributed by atoms with Gasteiger partial charge < -0.3 is 8.83 Å². The van der Waals surface area contributed by atoms with Crippen LogP contribution in [0.4, 0.5) is 0 Å². The van der Waals surface area contributed by atoms with Crippen LogP contribution in [-0.2, 0) is 6.42 Å². The molecule has 116 valence electrons.